The monoisotopic (exact) mass is 536 g/mol. The molecule has 3 aliphatic rings. The summed E-state index contributed by atoms with van der Waals surface area (Å²) in [6.07, 6.45) is 4.05. The molecular weight excluding hydrogens is 503 g/mol. The summed E-state index contributed by atoms with van der Waals surface area (Å²) in [5, 5.41) is -0.00459. The molecule has 10 nitrogen and oxygen atoms in total. The van der Waals surface area contributed by atoms with Gasteiger partial charge in [-0.15, -0.1) is 0 Å². The molecule has 0 saturated carbocycles. The third-order valence-electron chi connectivity index (χ3n) is 7.38. The first-order chi connectivity index (χ1) is 17.6. The number of carbonyl (C=O) groups is 1. The standard InChI is InChI=1S/C25H34ClFN6O4/c1-24(2,3)37-23(34)32-13-11-31(12-14-32)20-16-18(17(27)19(26)29-21(16)35-4)28-22(30-20)36-15-25-7-5-9-33(25)10-6-8-25/h5-15H2,1-4H3. The van der Waals surface area contributed by atoms with Crippen molar-refractivity contribution >= 4 is 34.4 Å². The largest absolute Gasteiger partial charge is 0.480 e. The number of aromatic nitrogens is 3. The first-order valence-electron chi connectivity index (χ1n) is 12.8. The summed E-state index contributed by atoms with van der Waals surface area (Å²) in [4.78, 5) is 31.8. The van der Waals surface area contributed by atoms with Crippen LogP contribution in [0.4, 0.5) is 15.0 Å². The Labute approximate surface area is 221 Å². The molecule has 12 heteroatoms. The Morgan fingerprint density at radius 3 is 2.35 bits per heavy atom. The number of rotatable bonds is 5. The quantitative estimate of drug-likeness (QED) is 0.527. The van der Waals surface area contributed by atoms with Crippen LogP contribution in [-0.4, -0.2) is 95.0 Å². The van der Waals surface area contributed by atoms with Crippen molar-refractivity contribution in [1.29, 1.82) is 0 Å². The van der Waals surface area contributed by atoms with E-state index in [0.717, 1.165) is 38.8 Å². The van der Waals surface area contributed by atoms with Crippen LogP contribution in [0, 0.1) is 5.82 Å². The SMILES string of the molecule is COc1nc(Cl)c(F)c2nc(OCC34CCCN3CCC4)nc(N3CCN(C(=O)OC(C)(C)C)CC3)c12. The van der Waals surface area contributed by atoms with Crippen LogP contribution in [0.1, 0.15) is 46.5 Å². The van der Waals surface area contributed by atoms with E-state index in [4.69, 9.17) is 30.8 Å². The van der Waals surface area contributed by atoms with E-state index in [1.54, 1.807) is 4.90 Å². The summed E-state index contributed by atoms with van der Waals surface area (Å²) in [5.74, 6) is -0.176. The van der Waals surface area contributed by atoms with Gasteiger partial charge in [0.25, 0.3) is 0 Å². The maximum Gasteiger partial charge on any atom is 0.410 e. The van der Waals surface area contributed by atoms with Crippen molar-refractivity contribution < 1.29 is 23.4 Å². The number of piperazine rings is 1. The van der Waals surface area contributed by atoms with Crippen LogP contribution in [0.25, 0.3) is 10.9 Å². The molecule has 0 aromatic carbocycles. The van der Waals surface area contributed by atoms with Crippen molar-refractivity contribution in [3.8, 4) is 11.9 Å². The van der Waals surface area contributed by atoms with Gasteiger partial charge in [0.2, 0.25) is 5.88 Å². The number of pyridine rings is 1. The van der Waals surface area contributed by atoms with Gasteiger partial charge in [-0.25, -0.2) is 9.18 Å². The molecule has 2 aromatic heterocycles. The number of carbonyl (C=O) groups excluding carboxylic acids is 1. The first kappa shape index (κ1) is 26.0. The smallest absolute Gasteiger partial charge is 0.410 e. The van der Waals surface area contributed by atoms with E-state index < -0.39 is 11.4 Å². The second kappa shape index (κ2) is 9.90. The Morgan fingerprint density at radius 2 is 1.73 bits per heavy atom. The van der Waals surface area contributed by atoms with Gasteiger partial charge < -0.3 is 24.0 Å². The van der Waals surface area contributed by atoms with E-state index >= 15 is 4.39 Å². The van der Waals surface area contributed by atoms with Gasteiger partial charge in [-0.2, -0.15) is 15.0 Å². The van der Waals surface area contributed by atoms with Gasteiger partial charge in [-0.1, -0.05) is 11.6 Å². The van der Waals surface area contributed by atoms with Crippen LogP contribution in [0.5, 0.6) is 11.9 Å². The van der Waals surface area contributed by atoms with Crippen molar-refractivity contribution in [3.05, 3.63) is 11.0 Å². The lowest BCUT2D eigenvalue weighted by molar-refractivity contribution is 0.0240. The Hall–Kier alpha value is -2.66. The molecule has 0 bridgehead atoms. The second-order valence-corrected chi connectivity index (χ2v) is 11.3. The van der Waals surface area contributed by atoms with Crippen LogP contribution in [-0.2, 0) is 4.74 Å². The lowest BCUT2D eigenvalue weighted by Crippen LogP contribution is -2.50. The number of fused-ring (bicyclic) bond motifs is 2. The van der Waals surface area contributed by atoms with E-state index in [0.29, 0.717) is 44.0 Å². The van der Waals surface area contributed by atoms with Gasteiger partial charge in [-0.05, 0) is 59.5 Å². The lowest BCUT2D eigenvalue weighted by Gasteiger charge is -2.36. The second-order valence-electron chi connectivity index (χ2n) is 10.9. The van der Waals surface area contributed by atoms with Crippen LogP contribution < -0.4 is 14.4 Å². The highest BCUT2D eigenvalue weighted by Gasteiger charge is 2.45. The van der Waals surface area contributed by atoms with Gasteiger partial charge in [0.1, 0.15) is 28.9 Å². The number of ether oxygens (including phenoxy) is 3. The Morgan fingerprint density at radius 1 is 1.05 bits per heavy atom. The van der Waals surface area contributed by atoms with E-state index in [9.17, 15) is 4.79 Å². The van der Waals surface area contributed by atoms with Gasteiger partial charge in [0.15, 0.2) is 11.0 Å². The maximum absolute atomic E-state index is 15.2. The number of methoxy groups -OCH3 is 1. The minimum absolute atomic E-state index is 0.00128. The highest BCUT2D eigenvalue weighted by Crippen LogP contribution is 2.40. The van der Waals surface area contributed by atoms with Crippen LogP contribution >= 0.6 is 11.6 Å². The number of nitrogens with zero attached hydrogens (tertiary/aromatic N) is 6. The lowest BCUT2D eigenvalue weighted by atomic mass is 9.95. The van der Waals surface area contributed by atoms with Gasteiger partial charge in [-0.3, -0.25) is 4.90 Å². The molecule has 5 rings (SSSR count). The summed E-state index contributed by atoms with van der Waals surface area (Å²) in [7, 11) is 1.44. The highest BCUT2D eigenvalue weighted by molar-refractivity contribution is 6.30. The zero-order valence-corrected chi connectivity index (χ0v) is 22.6. The summed E-state index contributed by atoms with van der Waals surface area (Å²) in [5.41, 5.74) is -0.588. The normalized spacial score (nSPS) is 19.8. The van der Waals surface area contributed by atoms with E-state index in [2.05, 4.69) is 14.9 Å². The maximum atomic E-state index is 15.2. The van der Waals surface area contributed by atoms with E-state index in [1.807, 2.05) is 25.7 Å². The number of amides is 1. The van der Waals surface area contributed by atoms with Crippen LogP contribution in [0.2, 0.25) is 5.15 Å². The van der Waals surface area contributed by atoms with Gasteiger partial charge >= 0.3 is 12.1 Å². The molecule has 1 amide bonds. The molecular formula is C25H34ClFN6O4. The topological polar surface area (TPSA) is 93.2 Å². The molecule has 5 heterocycles. The molecule has 0 atom stereocenters. The average Bonchev–Trinajstić information content (AvgIpc) is 3.44. The summed E-state index contributed by atoms with van der Waals surface area (Å²) >= 11 is 6.08. The molecule has 37 heavy (non-hydrogen) atoms. The first-order valence-corrected chi connectivity index (χ1v) is 13.2. The molecule has 0 N–H and O–H groups in total. The van der Waals surface area contributed by atoms with Crippen molar-refractivity contribution in [1.82, 2.24) is 24.8 Å². The van der Waals surface area contributed by atoms with Crippen molar-refractivity contribution in [2.75, 3.05) is 57.9 Å². The van der Waals surface area contributed by atoms with Gasteiger partial charge in [0, 0.05) is 26.2 Å². The predicted octanol–water partition coefficient (Wildman–Crippen LogP) is 3.89. The third-order valence-corrected chi connectivity index (χ3v) is 7.63. The third kappa shape index (κ3) is 5.07. The van der Waals surface area contributed by atoms with Crippen molar-refractivity contribution in [3.63, 3.8) is 0 Å². The van der Waals surface area contributed by atoms with Crippen molar-refractivity contribution in [2.24, 2.45) is 0 Å². The minimum Gasteiger partial charge on any atom is -0.480 e. The van der Waals surface area contributed by atoms with Crippen LogP contribution in [0.3, 0.4) is 0 Å². The zero-order valence-electron chi connectivity index (χ0n) is 21.9. The number of anilines is 1. The fourth-order valence-corrected chi connectivity index (χ4v) is 5.77. The van der Waals surface area contributed by atoms with Crippen LogP contribution in [0.15, 0.2) is 0 Å². The fraction of sp³-hybridized carbons (Fsp3) is 0.680. The Bertz CT molecular complexity index is 1170. The van der Waals surface area contributed by atoms with E-state index in [1.165, 1.54) is 7.11 Å². The highest BCUT2D eigenvalue weighted by atomic mass is 35.5. The summed E-state index contributed by atoms with van der Waals surface area (Å²) < 4.78 is 32.4. The molecule has 3 saturated heterocycles. The average molecular weight is 537 g/mol. The Kier molecular flexibility index (Phi) is 6.95. The molecule has 0 unspecified atom stereocenters. The number of hydrogen-bond acceptors (Lipinski definition) is 9. The molecule has 3 aliphatic heterocycles. The minimum atomic E-state index is -0.750. The summed E-state index contributed by atoms with van der Waals surface area (Å²) in [6.45, 7) is 9.85. The fourth-order valence-electron chi connectivity index (χ4n) is 5.60. The van der Waals surface area contributed by atoms with E-state index in [-0.39, 0.29) is 34.2 Å². The zero-order chi connectivity index (χ0) is 26.4. The Balaban J connectivity index is 1.45. The molecule has 3 fully saturated rings. The predicted molar refractivity (Wildman–Crippen MR) is 137 cm³/mol. The summed E-state index contributed by atoms with van der Waals surface area (Å²) in [6, 6.07) is 0.0911. The molecule has 0 aliphatic carbocycles. The van der Waals surface area contributed by atoms with Gasteiger partial charge in [0.05, 0.1) is 12.6 Å². The number of hydrogen-bond donors (Lipinski definition) is 0. The molecule has 2 aromatic rings. The number of halogens is 2. The molecule has 0 spiro atoms. The van der Waals surface area contributed by atoms with Crippen molar-refractivity contribution in [2.45, 2.75) is 57.6 Å². The molecule has 202 valence electrons. The molecule has 0 radical (unpaired) electrons.